The second kappa shape index (κ2) is 6.92. The van der Waals surface area contributed by atoms with Crippen LogP contribution in [0.1, 0.15) is 29.6 Å². The molecule has 2 N–H and O–H groups in total. The number of primary amides is 1. The molecule has 4 heteroatoms. The van der Waals surface area contributed by atoms with Crippen molar-refractivity contribution < 1.29 is 9.59 Å². The summed E-state index contributed by atoms with van der Waals surface area (Å²) in [6, 6.07) is 13.9. The zero-order chi connectivity index (χ0) is 16.2. The number of carbonyl (C=O) groups is 2. The molecule has 3 rings (SSSR count). The number of Topliss-reactive ketones (excluding diaryl/α,β-unsaturated/α-hetero) is 1. The molecule has 1 aliphatic rings. The van der Waals surface area contributed by atoms with Gasteiger partial charge in [0.2, 0.25) is 5.91 Å². The fraction of sp³-hybridized carbons (Fsp3) is 0.368. The average molecular weight is 310 g/mol. The number of piperidine rings is 1. The highest BCUT2D eigenvalue weighted by molar-refractivity contribution is 6.09. The lowest BCUT2D eigenvalue weighted by molar-refractivity contribution is -0.118. The van der Waals surface area contributed by atoms with Crippen molar-refractivity contribution in [3.63, 3.8) is 0 Å². The molecule has 0 saturated carbocycles. The van der Waals surface area contributed by atoms with Crippen molar-refractivity contribution >= 4 is 22.5 Å². The van der Waals surface area contributed by atoms with Gasteiger partial charge in [-0.3, -0.25) is 9.59 Å². The predicted molar refractivity (Wildman–Crippen MR) is 91.3 cm³/mol. The van der Waals surface area contributed by atoms with E-state index < -0.39 is 0 Å². The maximum absolute atomic E-state index is 13.0. The first-order valence-electron chi connectivity index (χ1n) is 8.18. The molecule has 2 aromatic carbocycles. The van der Waals surface area contributed by atoms with Crippen LogP contribution in [-0.2, 0) is 4.79 Å². The molecule has 0 radical (unpaired) electrons. The Kier molecular flexibility index (Phi) is 4.72. The van der Waals surface area contributed by atoms with Crippen LogP contribution in [0.3, 0.4) is 0 Å². The average Bonchev–Trinajstić information content (AvgIpc) is 2.59. The number of benzene rings is 2. The zero-order valence-corrected chi connectivity index (χ0v) is 13.2. The molecule has 0 aliphatic carbocycles. The van der Waals surface area contributed by atoms with E-state index in [0.29, 0.717) is 13.0 Å². The first kappa shape index (κ1) is 15.7. The largest absolute Gasteiger partial charge is 0.370 e. The lowest BCUT2D eigenvalue weighted by Gasteiger charge is -2.31. The molecule has 1 heterocycles. The Morgan fingerprint density at radius 3 is 2.74 bits per heavy atom. The molecule has 2 aromatic rings. The third-order valence-electron chi connectivity index (χ3n) is 4.61. The van der Waals surface area contributed by atoms with Crippen LogP contribution in [0.2, 0.25) is 0 Å². The van der Waals surface area contributed by atoms with Gasteiger partial charge >= 0.3 is 0 Å². The first-order valence-corrected chi connectivity index (χ1v) is 8.18. The number of nitrogens with zero attached hydrogens (tertiary/aromatic N) is 1. The van der Waals surface area contributed by atoms with E-state index in [1.807, 2.05) is 42.5 Å². The summed E-state index contributed by atoms with van der Waals surface area (Å²) < 4.78 is 0. The molecule has 1 aliphatic heterocycles. The van der Waals surface area contributed by atoms with E-state index in [2.05, 4.69) is 4.90 Å². The number of amides is 1. The highest BCUT2D eigenvalue weighted by atomic mass is 16.1. The van der Waals surface area contributed by atoms with Crippen molar-refractivity contribution in [2.24, 2.45) is 11.7 Å². The molecule has 1 saturated heterocycles. The summed E-state index contributed by atoms with van der Waals surface area (Å²) >= 11 is 0. The quantitative estimate of drug-likeness (QED) is 0.863. The number of nitrogens with two attached hydrogens (primary N) is 1. The molecule has 0 aromatic heterocycles. The zero-order valence-electron chi connectivity index (χ0n) is 13.2. The Balaban J connectivity index is 1.77. The summed E-state index contributed by atoms with van der Waals surface area (Å²) in [6.45, 7) is 2.30. The summed E-state index contributed by atoms with van der Waals surface area (Å²) in [5.74, 6) is -0.0690. The Labute approximate surface area is 136 Å². The Morgan fingerprint density at radius 1 is 1.13 bits per heavy atom. The molecule has 4 nitrogen and oxygen atoms in total. The summed E-state index contributed by atoms with van der Waals surface area (Å²) in [6.07, 6.45) is 2.25. The third-order valence-corrected chi connectivity index (χ3v) is 4.61. The normalized spacial score (nSPS) is 18.9. The molecule has 0 bridgehead atoms. The second-order valence-corrected chi connectivity index (χ2v) is 6.25. The molecule has 23 heavy (non-hydrogen) atoms. The predicted octanol–water partition coefficient (Wildman–Crippen LogP) is 2.61. The van der Waals surface area contributed by atoms with Crippen molar-refractivity contribution in [3.8, 4) is 0 Å². The van der Waals surface area contributed by atoms with E-state index in [1.54, 1.807) is 0 Å². The molecule has 1 fully saturated rings. The van der Waals surface area contributed by atoms with Gasteiger partial charge in [0.25, 0.3) is 0 Å². The van der Waals surface area contributed by atoms with Gasteiger partial charge in [-0.05, 0) is 30.2 Å². The number of likely N-dealkylation sites (tertiary alicyclic amines) is 1. The minimum atomic E-state index is -0.285. The summed E-state index contributed by atoms with van der Waals surface area (Å²) in [4.78, 5) is 26.1. The molecule has 120 valence electrons. The van der Waals surface area contributed by atoms with Gasteiger partial charge in [0.1, 0.15) is 0 Å². The Morgan fingerprint density at radius 2 is 1.91 bits per heavy atom. The van der Waals surface area contributed by atoms with Crippen LogP contribution in [0.5, 0.6) is 0 Å². The molecular formula is C19H22N2O2. The standard InChI is InChI=1S/C19H22N2O2/c20-18(22)10-12-21-11-4-7-15(13-21)19(23)17-9-3-6-14-5-1-2-8-16(14)17/h1-3,5-6,8-9,15H,4,7,10-13H2,(H2,20,22). The van der Waals surface area contributed by atoms with Gasteiger partial charge in [0.05, 0.1) is 0 Å². The Bertz CT molecular complexity index is 721. The van der Waals surface area contributed by atoms with Gasteiger partial charge in [0.15, 0.2) is 5.78 Å². The maximum atomic E-state index is 13.0. The van der Waals surface area contributed by atoms with Crippen LogP contribution in [0.15, 0.2) is 42.5 Å². The van der Waals surface area contributed by atoms with E-state index in [0.717, 1.165) is 42.3 Å². The van der Waals surface area contributed by atoms with Crippen molar-refractivity contribution in [1.29, 1.82) is 0 Å². The molecule has 1 amide bonds. The first-order chi connectivity index (χ1) is 11.1. The van der Waals surface area contributed by atoms with E-state index in [9.17, 15) is 9.59 Å². The van der Waals surface area contributed by atoms with Crippen LogP contribution in [0, 0.1) is 5.92 Å². The number of rotatable bonds is 5. The summed E-state index contributed by atoms with van der Waals surface area (Å²) in [7, 11) is 0. The number of carbonyl (C=O) groups excluding carboxylic acids is 2. The number of hydrogen-bond donors (Lipinski definition) is 1. The molecule has 0 spiro atoms. The number of fused-ring (bicyclic) bond motifs is 1. The van der Waals surface area contributed by atoms with Gasteiger partial charge in [0, 0.05) is 31.0 Å². The van der Waals surface area contributed by atoms with Crippen LogP contribution < -0.4 is 5.73 Å². The van der Waals surface area contributed by atoms with Gasteiger partial charge in [-0.25, -0.2) is 0 Å². The summed E-state index contributed by atoms with van der Waals surface area (Å²) in [5.41, 5.74) is 6.03. The van der Waals surface area contributed by atoms with E-state index >= 15 is 0 Å². The topological polar surface area (TPSA) is 63.4 Å². The maximum Gasteiger partial charge on any atom is 0.218 e. The van der Waals surface area contributed by atoms with Crippen molar-refractivity contribution in [3.05, 3.63) is 48.0 Å². The highest BCUT2D eigenvalue weighted by Gasteiger charge is 2.27. The lowest BCUT2D eigenvalue weighted by atomic mass is 9.88. The minimum absolute atomic E-state index is 0.00225. The van der Waals surface area contributed by atoms with Gasteiger partial charge in [-0.2, -0.15) is 0 Å². The molecular weight excluding hydrogens is 288 g/mol. The Hall–Kier alpha value is -2.20. The highest BCUT2D eigenvalue weighted by Crippen LogP contribution is 2.25. The van der Waals surface area contributed by atoms with Gasteiger partial charge < -0.3 is 10.6 Å². The third kappa shape index (κ3) is 3.59. The van der Waals surface area contributed by atoms with Crippen LogP contribution >= 0.6 is 0 Å². The molecule has 1 unspecified atom stereocenters. The fourth-order valence-electron chi connectivity index (χ4n) is 3.40. The molecule has 1 atom stereocenters. The van der Waals surface area contributed by atoms with Crippen LogP contribution in [0.25, 0.3) is 10.8 Å². The second-order valence-electron chi connectivity index (χ2n) is 6.25. The lowest BCUT2D eigenvalue weighted by Crippen LogP contribution is -2.40. The van der Waals surface area contributed by atoms with Gasteiger partial charge in [-0.15, -0.1) is 0 Å². The van der Waals surface area contributed by atoms with Crippen LogP contribution in [-0.4, -0.2) is 36.2 Å². The number of ketones is 1. The van der Waals surface area contributed by atoms with Crippen molar-refractivity contribution in [1.82, 2.24) is 4.90 Å². The van der Waals surface area contributed by atoms with E-state index in [4.69, 9.17) is 5.73 Å². The van der Waals surface area contributed by atoms with Crippen molar-refractivity contribution in [2.75, 3.05) is 19.6 Å². The smallest absolute Gasteiger partial charge is 0.218 e. The van der Waals surface area contributed by atoms with E-state index in [-0.39, 0.29) is 17.6 Å². The van der Waals surface area contributed by atoms with Gasteiger partial charge in [-0.1, -0.05) is 42.5 Å². The van der Waals surface area contributed by atoms with Crippen molar-refractivity contribution in [2.45, 2.75) is 19.3 Å². The van der Waals surface area contributed by atoms with E-state index in [1.165, 1.54) is 0 Å². The van der Waals surface area contributed by atoms with Crippen LogP contribution in [0.4, 0.5) is 0 Å². The SMILES string of the molecule is NC(=O)CCN1CCCC(C(=O)c2cccc3ccccc23)C1. The summed E-state index contributed by atoms with van der Waals surface area (Å²) in [5, 5.41) is 2.12. The monoisotopic (exact) mass is 310 g/mol. The number of hydrogen-bond acceptors (Lipinski definition) is 3. The minimum Gasteiger partial charge on any atom is -0.370 e. The fourth-order valence-corrected chi connectivity index (χ4v) is 3.40.